The number of carbonyl (C=O) groups excluding carboxylic acids is 4. The topological polar surface area (TPSA) is 179 Å². The molecule has 5 heterocycles. The van der Waals surface area contributed by atoms with E-state index < -0.39 is 41.6 Å². The number of β-lactam (4-membered cyclic amide) rings is 1. The molecule has 0 bridgehead atoms. The molecule has 7 rings (SSSR count). The quantitative estimate of drug-likeness (QED) is 0.0599. The summed E-state index contributed by atoms with van der Waals surface area (Å²) in [6.45, 7) is 6.74. The number of thiazole rings is 1. The van der Waals surface area contributed by atoms with E-state index in [9.17, 15) is 19.2 Å². The number of anilines is 1. The molecule has 3 amide bonds. The number of allylic oxidation sites excluding steroid dienone is 1. The maximum atomic E-state index is 14.7. The van der Waals surface area contributed by atoms with Crippen molar-refractivity contribution in [2.75, 3.05) is 25.9 Å². The number of pyridine rings is 1. The third-order valence-electron chi connectivity index (χ3n) is 9.86. The lowest BCUT2D eigenvalue weighted by Crippen LogP contribution is -2.72. The molecule has 2 saturated heterocycles. The number of fused-ring (bicyclic) bond motifs is 1. The lowest BCUT2D eigenvalue weighted by Gasteiger charge is -2.50. The predicted octanol–water partition coefficient (Wildman–Crippen LogP) is 7.19. The predicted molar refractivity (Wildman–Crippen MR) is 232 cm³/mol. The molecule has 14 nitrogen and oxygen atoms in total. The number of amides is 3. The number of likely N-dealkylation sites (tertiary alicyclic amines) is 1. The van der Waals surface area contributed by atoms with Crippen molar-refractivity contribution >= 4 is 81.2 Å². The van der Waals surface area contributed by atoms with Gasteiger partial charge < -0.3 is 30.3 Å². The van der Waals surface area contributed by atoms with Crippen LogP contribution in [0.25, 0.3) is 0 Å². The summed E-state index contributed by atoms with van der Waals surface area (Å²) in [6, 6.07) is 21.0. The number of benzene rings is 2. The van der Waals surface area contributed by atoms with E-state index in [0.717, 1.165) is 39.5 Å². The second-order valence-electron chi connectivity index (χ2n) is 15.1. The minimum Gasteiger partial charge on any atom is -0.448 e. The minimum absolute atomic E-state index is 0.0280. The number of nitrogens with one attached hydrogen (secondary N) is 1. The number of thioether (sulfide) groups is 2. The molecule has 0 radical (unpaired) electrons. The Morgan fingerprint density at radius 2 is 1.75 bits per heavy atom. The Labute approximate surface area is 365 Å². The number of hydrogen-bond acceptors (Lipinski definition) is 14. The smallest absolute Gasteiger partial charge is 0.410 e. The maximum Gasteiger partial charge on any atom is 0.410 e. The van der Waals surface area contributed by atoms with E-state index in [1.165, 1.54) is 23.8 Å². The average molecular weight is 891 g/mol. The third kappa shape index (κ3) is 9.75. The van der Waals surface area contributed by atoms with Crippen molar-refractivity contribution < 1.29 is 33.5 Å². The van der Waals surface area contributed by atoms with Crippen molar-refractivity contribution in [1.29, 1.82) is 0 Å². The van der Waals surface area contributed by atoms with Crippen LogP contribution in [0.5, 0.6) is 0 Å². The summed E-state index contributed by atoms with van der Waals surface area (Å²) in [7, 11) is 1.27. The van der Waals surface area contributed by atoms with Crippen LogP contribution in [0.15, 0.2) is 99.6 Å². The SMILES string of the molecule is CO/N=C(\C(=O)N[C@@H]1C(=O)N2C(C(=O)OC(c3ccccc3)c3ccccc3)=C(Sc3cccnc3CSC3CCN(C(=O)OC(C)(C)C)C3)CC[C@H]12)c1nc(N)sc1Cl. The molecule has 3 N–H and O–H groups in total. The summed E-state index contributed by atoms with van der Waals surface area (Å²) < 4.78 is 12.1. The van der Waals surface area contributed by atoms with Crippen LogP contribution in [-0.4, -0.2) is 92.5 Å². The summed E-state index contributed by atoms with van der Waals surface area (Å²) in [4.78, 5) is 73.6. The highest BCUT2D eigenvalue weighted by Crippen LogP contribution is 2.45. The number of ether oxygens (including phenoxy) is 2. The molecule has 1 unspecified atom stereocenters. The van der Waals surface area contributed by atoms with Gasteiger partial charge in [0, 0.05) is 40.1 Å². The third-order valence-corrected chi connectivity index (χ3v) is 13.5. The number of hydrogen-bond donors (Lipinski definition) is 2. The molecule has 2 aromatic carbocycles. The number of aromatic nitrogens is 2. The van der Waals surface area contributed by atoms with E-state index in [4.69, 9.17) is 36.6 Å². The fraction of sp³-hybridized carbons (Fsp3) is 0.357. The number of carbonyl (C=O) groups is 4. The fourth-order valence-electron chi connectivity index (χ4n) is 7.13. The lowest BCUT2D eigenvalue weighted by atomic mass is 9.86. The van der Waals surface area contributed by atoms with Gasteiger partial charge in [0.1, 0.15) is 34.5 Å². The summed E-state index contributed by atoms with van der Waals surface area (Å²) in [5, 5.41) is 6.93. The highest BCUT2D eigenvalue weighted by Gasteiger charge is 2.54. The highest BCUT2D eigenvalue weighted by atomic mass is 35.5. The van der Waals surface area contributed by atoms with Gasteiger partial charge in [-0.25, -0.2) is 14.6 Å². The number of oxime groups is 1. The number of nitrogens with two attached hydrogens (primary N) is 1. The Balaban J connectivity index is 1.15. The first-order chi connectivity index (χ1) is 28.8. The second kappa shape index (κ2) is 18.7. The van der Waals surface area contributed by atoms with Gasteiger partial charge in [0.25, 0.3) is 11.8 Å². The van der Waals surface area contributed by atoms with Crippen molar-refractivity contribution in [3.63, 3.8) is 0 Å². The van der Waals surface area contributed by atoms with E-state index in [1.54, 1.807) is 22.9 Å². The number of halogens is 1. The maximum absolute atomic E-state index is 14.7. The lowest BCUT2D eigenvalue weighted by molar-refractivity contribution is -0.158. The van der Waals surface area contributed by atoms with Crippen molar-refractivity contribution in [3.8, 4) is 0 Å². The van der Waals surface area contributed by atoms with Crippen LogP contribution >= 0.6 is 46.5 Å². The van der Waals surface area contributed by atoms with E-state index in [0.29, 0.717) is 36.6 Å². The summed E-state index contributed by atoms with van der Waals surface area (Å²) in [5.41, 5.74) is 7.48. The Bertz CT molecular complexity index is 2270. The normalized spacial score (nSPS) is 19.2. The first-order valence-corrected chi connectivity index (χ1v) is 22.3. The zero-order chi connectivity index (χ0) is 42.6. The van der Waals surface area contributed by atoms with Crippen molar-refractivity contribution in [3.05, 3.63) is 116 Å². The molecule has 2 aromatic heterocycles. The van der Waals surface area contributed by atoms with Gasteiger partial charge in [0.15, 0.2) is 16.9 Å². The van der Waals surface area contributed by atoms with Gasteiger partial charge in [0.2, 0.25) is 0 Å². The Kier molecular flexibility index (Phi) is 13.4. The first-order valence-electron chi connectivity index (χ1n) is 19.2. The number of nitrogen functional groups attached to an aromatic ring is 1. The van der Waals surface area contributed by atoms with Crippen LogP contribution in [0.3, 0.4) is 0 Å². The zero-order valence-electron chi connectivity index (χ0n) is 33.3. The molecule has 0 saturated carbocycles. The van der Waals surface area contributed by atoms with Gasteiger partial charge in [-0.05, 0) is 63.3 Å². The largest absolute Gasteiger partial charge is 0.448 e. The summed E-state index contributed by atoms with van der Waals surface area (Å²) in [5.74, 6) is -1.35. The second-order valence-corrected chi connectivity index (χ2v) is 19.2. The van der Waals surface area contributed by atoms with Crippen LogP contribution in [-0.2, 0) is 34.4 Å². The standard InChI is InChI=1S/C42H44ClN7O7S3/c1-42(2,3)57-41(54)49-21-19-26(22-49)58-23-27-29(16-11-20-45-27)59-30-18-17-28-31(46-37(51)33(48-55-4)32-36(43)60-40(44)47-32)38(52)50(28)34(30)39(53)56-35(24-12-7-5-8-13-24)25-14-9-6-10-15-25/h5-16,20,26,28,31,35H,17-19,21-23H2,1-4H3,(H2,44,47)(H,46,51)/b48-33-/t26?,28-,31+/m1/s1. The van der Waals surface area contributed by atoms with Crippen molar-refractivity contribution in [2.24, 2.45) is 5.16 Å². The Morgan fingerprint density at radius 1 is 1.05 bits per heavy atom. The molecule has 3 atom stereocenters. The number of nitrogens with zero attached hydrogens (tertiary/aromatic N) is 5. The van der Waals surface area contributed by atoms with Gasteiger partial charge in [-0.1, -0.05) is 101 Å². The Hall–Kier alpha value is -5.10. The van der Waals surface area contributed by atoms with Crippen LogP contribution in [0.4, 0.5) is 9.93 Å². The molecule has 4 aromatic rings. The fourth-order valence-corrected chi connectivity index (χ4v) is 10.5. The summed E-state index contributed by atoms with van der Waals surface area (Å²) >= 11 is 10.4. The molecule has 0 aliphatic carbocycles. The minimum atomic E-state index is -0.986. The molecule has 2 fully saturated rings. The van der Waals surface area contributed by atoms with Crippen molar-refractivity contribution in [1.82, 2.24) is 25.1 Å². The van der Waals surface area contributed by atoms with Gasteiger partial charge >= 0.3 is 12.1 Å². The summed E-state index contributed by atoms with van der Waals surface area (Å²) in [6.07, 6.45) is 2.30. The molecule has 18 heteroatoms. The van der Waals surface area contributed by atoms with Crippen LogP contribution in [0.1, 0.15) is 68.7 Å². The van der Waals surface area contributed by atoms with Gasteiger partial charge in [-0.2, -0.15) is 11.8 Å². The van der Waals surface area contributed by atoms with Crippen LogP contribution in [0.2, 0.25) is 4.34 Å². The molecule has 3 aliphatic heterocycles. The molecule has 0 spiro atoms. The van der Waals surface area contributed by atoms with E-state index in [-0.39, 0.29) is 37.9 Å². The zero-order valence-corrected chi connectivity index (χ0v) is 36.5. The number of esters is 1. The Morgan fingerprint density at radius 3 is 2.38 bits per heavy atom. The van der Waals surface area contributed by atoms with Crippen molar-refractivity contribution in [2.45, 2.75) is 79.7 Å². The average Bonchev–Trinajstić information content (AvgIpc) is 3.85. The molecular formula is C42H44ClN7O7S3. The molecule has 60 heavy (non-hydrogen) atoms. The number of rotatable bonds is 13. The van der Waals surface area contributed by atoms with E-state index in [1.807, 2.05) is 93.6 Å². The van der Waals surface area contributed by atoms with E-state index >= 15 is 0 Å². The molecule has 3 aliphatic rings. The monoisotopic (exact) mass is 889 g/mol. The molecule has 314 valence electrons. The molecular weight excluding hydrogens is 846 g/mol. The van der Waals surface area contributed by atoms with Gasteiger partial charge in [-0.3, -0.25) is 19.5 Å². The highest BCUT2D eigenvalue weighted by molar-refractivity contribution is 8.03. The van der Waals surface area contributed by atoms with Gasteiger partial charge in [0.05, 0.1) is 11.7 Å². The van der Waals surface area contributed by atoms with Crippen LogP contribution < -0.4 is 11.1 Å². The first kappa shape index (κ1) is 43.0. The van der Waals surface area contributed by atoms with E-state index in [2.05, 4.69) is 15.5 Å². The van der Waals surface area contributed by atoms with Crippen LogP contribution in [0, 0.1) is 0 Å². The van der Waals surface area contributed by atoms with Gasteiger partial charge in [-0.15, -0.1) is 0 Å².